The van der Waals surface area contributed by atoms with Crippen molar-refractivity contribution in [1.82, 2.24) is 0 Å². The number of hydrogen-bond acceptors (Lipinski definition) is 3. The van der Waals surface area contributed by atoms with Crippen LogP contribution in [0, 0.1) is 0 Å². The van der Waals surface area contributed by atoms with Crippen LogP contribution in [0.2, 0.25) is 0 Å². The molecule has 0 saturated carbocycles. The third kappa shape index (κ3) is 108. The topological polar surface area (TPSA) is 12.0 Å². The average Bonchev–Trinajstić information content (AvgIpc) is 0.791. The minimum atomic E-state index is -0.398. The van der Waals surface area contributed by atoms with Gasteiger partial charge in [-0.2, -0.15) is 0 Å². The van der Waals surface area contributed by atoms with E-state index in [2.05, 4.69) is 41.7 Å². The van der Waals surface area contributed by atoms with E-state index < -0.39 is 6.04 Å². The molecular formula is C24H19NS102. The van der Waals surface area contributed by atoms with Crippen molar-refractivity contribution in [2.24, 2.45) is 0 Å². The highest BCUT2D eigenvalue weighted by molar-refractivity contribution is 8.87. The molecule has 4 rings (SSSR count). The summed E-state index contributed by atoms with van der Waals surface area (Å²) < 4.78 is 39.3. The zero-order valence-corrected chi connectivity index (χ0v) is 138. The minimum Gasteiger partial charge on any atom is -0.356 e. The number of rotatable bonds is 4. The molecule has 0 heterocycles. The standard InChI is InChI=1S/C24H19N.S102/c1-3-7-19(8-4-1)20-11-13-21(14-12-20)22-15-17-24(18-16-22)25-23-9-5-2-6-10-23;1-3-5-7-9-11-13-15-17-19-21-23-25-27-29-31-33-35-37-39-41-43-45-47-49-51-53-55-57-59-61-63-65-67-69-71-73-75-77-79-81-83-85-87-89-91-93-95-97-99-101-102-100-98-96-94-92-90-88-86-84-82-80-78-76-74-72-70-68-66-64-62-60-58-56-54-52-50-48-46-44-42-40-38-36-34-32-30-28-26-24-22-20-18-16-14-12-10-8-6-4-2/h1-18,25H;/i2D,5D,6D,9D,10D;. The molecule has 4 aromatic carbocycles. The van der Waals surface area contributed by atoms with E-state index in [1.165, 1.54) is 23.3 Å². The van der Waals surface area contributed by atoms with Crippen LogP contribution >= 0.6 is 0 Å². The van der Waals surface area contributed by atoms with Gasteiger partial charge in [0.25, 0.3) is 0 Å². The maximum atomic E-state index is 8.02. The fourth-order valence-corrected chi connectivity index (χ4v) is 273. The van der Waals surface area contributed by atoms with Crippen LogP contribution in [0.15, 0.2) is 109 Å². The third-order valence-corrected chi connectivity index (χ3v) is 227. The second kappa shape index (κ2) is 124. The Morgan fingerprint density at radius 3 is 0.386 bits per heavy atom. The molecule has 103 heteroatoms. The molecule has 732 valence electrons. The highest BCUT2D eigenvalue weighted by atomic mass is 33.6. The molecule has 0 aliphatic heterocycles. The van der Waals surface area contributed by atoms with Crippen LogP contribution in [0.1, 0.15) is 6.85 Å². The van der Waals surface area contributed by atoms with E-state index in [1.54, 1.807) is 107 Å². The molecule has 1 N–H and O–H groups in total. The Morgan fingerprint density at radius 2 is 0.252 bits per heavy atom. The van der Waals surface area contributed by atoms with Gasteiger partial charge in [0.1, 0.15) is 0 Å². The molecular weight excluding hydrogens is 3570 g/mol. The smallest absolute Gasteiger partial charge is 0.0645 e. The SMILES string of the molecule is S=S=S=S=S=S=S=S=S=S=S=S=S=S=S=S=S=S=S=S=S=S=S=S=S=S=S=S=S=S=S=S=S=S=S=S=S=S=S=S=S=S=S=S=S=S=S=S=S=S=S=S=S=S=S=S=S=S=S=S=S=S=S=S=S=S=S=S=S=S=S=S=S=S=S=S=S=S=S=S=S=S=S=S=S=S=S=S=S=S=S=S=S=S=S=S=S=S=S=S=S=S.[2H]c1c([2H])c([2H])c(Nc2ccc(-c3ccc(-c4ccccc4)cc3)cc2)c([2H])c1[2H]. The van der Waals surface area contributed by atoms with E-state index in [-0.39, 0.29) is 29.9 Å². The normalized spacial score (nSPS) is 8.93. The lowest BCUT2D eigenvalue weighted by Crippen LogP contribution is -1.89. The Morgan fingerprint density at radius 1 is 0.134 bits per heavy atom. The Bertz CT molecular complexity index is 9710. The van der Waals surface area contributed by atoms with Gasteiger partial charge in [-0.05, 0) is 46.5 Å². The van der Waals surface area contributed by atoms with E-state index in [9.17, 15) is 0 Å². The molecule has 0 aromatic heterocycles. The first-order valence-corrected chi connectivity index (χ1v) is 160. The average molecular weight is 3600 g/mol. The zero-order chi connectivity index (χ0) is 94.0. The summed E-state index contributed by atoms with van der Waals surface area (Å²) in [6.07, 6.45) is 0. The Balaban J connectivity index is 0.00000124. The van der Waals surface area contributed by atoms with E-state index in [0.29, 0.717) is 5.69 Å². The highest BCUT2D eigenvalue weighted by Gasteiger charge is 2.01. The maximum absolute atomic E-state index is 8.02. The highest BCUT2D eigenvalue weighted by Crippen LogP contribution is 2.26. The van der Waals surface area contributed by atoms with Gasteiger partial charge in [-0.3, -0.25) is 0 Å². The molecule has 0 unspecified atom stereocenters. The van der Waals surface area contributed by atoms with Gasteiger partial charge in [0.15, 0.2) is 0 Å². The molecule has 0 spiro atoms. The number of nitrogens with one attached hydrogen (secondary N) is 1. The van der Waals surface area contributed by atoms with E-state index >= 15 is 0 Å². The fourth-order valence-electron chi connectivity index (χ4n) is 3.80. The first-order chi connectivity index (χ1) is 65.4. The summed E-state index contributed by atoms with van der Waals surface area (Å²) in [7, 11) is 181. The molecule has 0 bridgehead atoms. The van der Waals surface area contributed by atoms with Gasteiger partial charge in [-0.25, -0.2) is 0 Å². The molecule has 0 saturated heterocycles. The molecule has 0 amide bonds. The summed E-state index contributed by atoms with van der Waals surface area (Å²) >= 11 is 9.66. The number of benzene rings is 4. The van der Waals surface area contributed by atoms with E-state index in [4.69, 9.17) is 29.2 Å². The van der Waals surface area contributed by atoms with Gasteiger partial charge in [0.2, 0.25) is 0 Å². The van der Waals surface area contributed by atoms with Crippen LogP contribution < -0.4 is 5.32 Å². The van der Waals surface area contributed by atoms with Gasteiger partial charge in [0, 0.05) is 922 Å². The lowest BCUT2D eigenvalue weighted by molar-refractivity contribution is 1.54. The van der Waals surface area contributed by atoms with Gasteiger partial charge in [-0.15, -0.1) is 0 Å². The van der Waals surface area contributed by atoms with Crippen molar-refractivity contribution in [2.45, 2.75) is 0 Å². The molecule has 127 heavy (non-hydrogen) atoms. The Hall–Kier alpha value is 19.1. The van der Waals surface area contributed by atoms with Gasteiger partial charge >= 0.3 is 0 Å². The monoisotopic (exact) mass is 3590 g/mol. The van der Waals surface area contributed by atoms with Crippen molar-refractivity contribution in [2.75, 3.05) is 5.32 Å². The summed E-state index contributed by atoms with van der Waals surface area (Å²) in [4.78, 5) is 0. The first kappa shape index (κ1) is 131. The summed E-state index contributed by atoms with van der Waals surface area (Å²) in [5, 5.41) is 2.96. The zero-order valence-electron chi connectivity index (χ0n) is 60.1. The van der Waals surface area contributed by atoms with Crippen molar-refractivity contribution in [3.63, 3.8) is 0 Å². The third-order valence-electron chi connectivity index (χ3n) is 6.73. The predicted octanol–water partition coefficient (Wildman–Crippen LogP) is 6.52. The predicted molar refractivity (Wildman–Crippen MR) is 858 cm³/mol. The van der Waals surface area contributed by atoms with Crippen molar-refractivity contribution < 1.29 is 6.85 Å². The molecule has 0 aliphatic rings. The molecule has 0 radical (unpaired) electrons. The second-order valence-corrected chi connectivity index (χ2v) is 189. The minimum absolute atomic E-state index is 0.0703. The number of anilines is 2. The van der Waals surface area contributed by atoms with Gasteiger partial charge < -0.3 is 5.32 Å². The fraction of sp³-hybridized carbons (Fsp3) is 0. The summed E-state index contributed by atoms with van der Waals surface area (Å²) in [6.45, 7) is 0. The first-order valence-electron chi connectivity index (χ1n) is 27.4. The van der Waals surface area contributed by atoms with Gasteiger partial charge in [0.05, 0.1) is 6.85 Å². The molecule has 0 aliphatic carbocycles. The van der Waals surface area contributed by atoms with Crippen LogP contribution in [-0.2, 0) is 910 Å². The Kier molecular flexibility index (Phi) is 128. The number of para-hydroxylation sites is 1. The summed E-state index contributed by atoms with van der Waals surface area (Å²) in [5.41, 5.74) is 5.14. The van der Waals surface area contributed by atoms with Crippen LogP contribution in [0.4, 0.5) is 11.4 Å². The van der Waals surface area contributed by atoms with Crippen molar-refractivity contribution >= 4 is 922 Å². The van der Waals surface area contributed by atoms with E-state index in [0.717, 1.165) is 16.7 Å². The van der Waals surface area contributed by atoms with Crippen molar-refractivity contribution in [3.05, 3.63) is 109 Å². The number of hydrogen-bond donors (Lipinski definition) is 1. The summed E-state index contributed by atoms with van der Waals surface area (Å²) in [6, 6.07) is 24.4. The lowest BCUT2D eigenvalue weighted by atomic mass is 10.0. The van der Waals surface area contributed by atoms with Crippen LogP contribution in [-0.4, -0.2) is 0 Å². The molecule has 0 atom stereocenters. The summed E-state index contributed by atoms with van der Waals surface area (Å²) in [5.74, 6) is 0. The van der Waals surface area contributed by atoms with Crippen LogP contribution in [0.3, 0.4) is 0 Å². The molecule has 4 aromatic rings. The van der Waals surface area contributed by atoms with Crippen LogP contribution in [0.5, 0.6) is 0 Å². The second-order valence-electron chi connectivity index (χ2n) is 12.4. The van der Waals surface area contributed by atoms with E-state index in [1.807, 2.05) is 806 Å². The maximum Gasteiger partial charge on any atom is 0.0645 e. The van der Waals surface area contributed by atoms with Crippen LogP contribution in [0.25, 0.3) is 22.3 Å². The molecule has 1 nitrogen and oxygen atoms in total. The van der Waals surface area contributed by atoms with Gasteiger partial charge in [-0.1, -0.05) is 84.9 Å². The largest absolute Gasteiger partial charge is 0.356 e. The lowest BCUT2D eigenvalue weighted by Gasteiger charge is -2.08. The van der Waals surface area contributed by atoms with Crippen molar-refractivity contribution in [1.29, 1.82) is 0 Å². The molecule has 0 fully saturated rings. The van der Waals surface area contributed by atoms with Crippen molar-refractivity contribution in [3.8, 4) is 22.3 Å². The quantitative estimate of drug-likeness (QED) is 0.251. The Labute approximate surface area is 1030 Å².